The molecule has 1 aliphatic carbocycles. The summed E-state index contributed by atoms with van der Waals surface area (Å²) in [6.45, 7) is 3.42. The summed E-state index contributed by atoms with van der Waals surface area (Å²) in [6, 6.07) is 17.8. The van der Waals surface area contributed by atoms with Crippen LogP contribution in [-0.2, 0) is 9.53 Å². The van der Waals surface area contributed by atoms with Crippen molar-refractivity contribution < 1.29 is 9.53 Å². The lowest BCUT2D eigenvalue weighted by molar-refractivity contribution is -0.140. The first kappa shape index (κ1) is 20.3. The molecule has 162 valence electrons. The van der Waals surface area contributed by atoms with E-state index in [9.17, 15) is 4.79 Å². The van der Waals surface area contributed by atoms with Crippen molar-refractivity contribution in [3.8, 4) is 11.1 Å². The maximum atomic E-state index is 12.5. The molecule has 0 amide bonds. The van der Waals surface area contributed by atoms with Gasteiger partial charge in [-0.3, -0.25) is 0 Å². The number of likely N-dealkylation sites (tertiary alicyclic amines) is 1. The zero-order chi connectivity index (χ0) is 21.4. The first-order chi connectivity index (χ1) is 15.0. The number of carbonyl (C=O) groups excluding carboxylic acids is 1. The molecule has 0 aromatic heterocycles. The van der Waals surface area contributed by atoms with Crippen LogP contribution in [0.25, 0.3) is 11.1 Å². The van der Waals surface area contributed by atoms with Gasteiger partial charge in [0.2, 0.25) is 5.90 Å². The summed E-state index contributed by atoms with van der Waals surface area (Å²) < 4.78 is 5.58. The van der Waals surface area contributed by atoms with Crippen molar-refractivity contribution in [3.05, 3.63) is 54.1 Å². The molecule has 1 saturated carbocycles. The summed E-state index contributed by atoms with van der Waals surface area (Å²) in [5.74, 6) is 0.311. The van der Waals surface area contributed by atoms with E-state index in [1.165, 1.54) is 18.4 Å². The molecule has 1 N–H and O–H groups in total. The van der Waals surface area contributed by atoms with E-state index in [2.05, 4.69) is 60.6 Å². The number of aliphatic imine (C=N–C) groups is 1. The first-order valence-corrected chi connectivity index (χ1v) is 11.5. The Kier molecular flexibility index (Phi) is 5.30. The summed E-state index contributed by atoms with van der Waals surface area (Å²) in [5, 5.41) is 3.67. The summed E-state index contributed by atoms with van der Waals surface area (Å²) in [4.78, 5) is 19.6. The van der Waals surface area contributed by atoms with Crippen LogP contribution in [0.5, 0.6) is 0 Å². The van der Waals surface area contributed by atoms with E-state index in [0.717, 1.165) is 49.0 Å². The number of nitrogens with zero attached hydrogens (tertiary/aromatic N) is 2. The number of nitrogens with one attached hydrogen (secondary N) is 1. The maximum absolute atomic E-state index is 12.5. The predicted molar refractivity (Wildman–Crippen MR) is 124 cm³/mol. The molecule has 2 heterocycles. The molecule has 0 bridgehead atoms. The van der Waals surface area contributed by atoms with Crippen molar-refractivity contribution in [2.24, 2.45) is 4.99 Å². The van der Waals surface area contributed by atoms with Crippen LogP contribution in [0.1, 0.15) is 51.0 Å². The van der Waals surface area contributed by atoms with Gasteiger partial charge in [-0.25, -0.2) is 9.79 Å². The van der Waals surface area contributed by atoms with Crippen molar-refractivity contribution in [3.63, 3.8) is 0 Å². The molecule has 0 radical (unpaired) electrons. The van der Waals surface area contributed by atoms with E-state index in [4.69, 9.17) is 9.73 Å². The van der Waals surface area contributed by atoms with Gasteiger partial charge in [0.1, 0.15) is 0 Å². The Morgan fingerprint density at radius 2 is 1.58 bits per heavy atom. The molecular formula is C26H31N3O2. The minimum absolute atomic E-state index is 0.169. The van der Waals surface area contributed by atoms with Gasteiger partial charge in [0.05, 0.1) is 0 Å². The van der Waals surface area contributed by atoms with Crippen molar-refractivity contribution >= 4 is 17.6 Å². The Hall–Kier alpha value is -2.66. The lowest BCUT2D eigenvalue weighted by Crippen LogP contribution is -2.35. The highest BCUT2D eigenvalue weighted by Crippen LogP contribution is 2.37. The Bertz CT molecular complexity index is 975. The third-order valence-corrected chi connectivity index (χ3v) is 7.34. The number of anilines is 1. The maximum Gasteiger partial charge on any atom is 0.340 e. The first-order valence-electron chi connectivity index (χ1n) is 11.5. The number of esters is 1. The standard InChI is InChI=1S/C26H31N3O2/c1-18-23(14-17-29(18)2)27-22-12-10-20(11-13-22)19-6-8-21(9-7-19)24-28-26(25(30)31-24)15-4-3-5-16-26/h6-13,18,23,27H,3-5,14-17H2,1-2H3. The number of hydrogen-bond donors (Lipinski definition) is 1. The highest BCUT2D eigenvalue weighted by atomic mass is 16.6. The molecule has 5 heteroatoms. The molecule has 2 aliphatic heterocycles. The zero-order valence-electron chi connectivity index (χ0n) is 18.4. The summed E-state index contributed by atoms with van der Waals surface area (Å²) in [6.07, 6.45) is 6.07. The van der Waals surface area contributed by atoms with Crippen LogP contribution < -0.4 is 5.32 Å². The number of ether oxygens (including phenoxy) is 1. The lowest BCUT2D eigenvalue weighted by atomic mass is 9.83. The minimum atomic E-state index is -0.624. The van der Waals surface area contributed by atoms with Crippen LogP contribution in [0, 0.1) is 0 Å². The van der Waals surface area contributed by atoms with Gasteiger partial charge in [-0.15, -0.1) is 0 Å². The third kappa shape index (κ3) is 3.87. The average molecular weight is 418 g/mol. The quantitative estimate of drug-likeness (QED) is 0.722. The fourth-order valence-corrected chi connectivity index (χ4v) is 5.09. The number of likely N-dealkylation sites (N-methyl/N-ethyl adjacent to an activating group) is 1. The monoisotopic (exact) mass is 417 g/mol. The van der Waals surface area contributed by atoms with E-state index in [0.29, 0.717) is 18.0 Å². The molecule has 31 heavy (non-hydrogen) atoms. The molecule has 1 spiro atoms. The molecule has 2 unspecified atom stereocenters. The van der Waals surface area contributed by atoms with Gasteiger partial charge in [0.25, 0.3) is 0 Å². The largest absolute Gasteiger partial charge is 0.405 e. The van der Waals surface area contributed by atoms with Crippen molar-refractivity contribution in [2.45, 2.75) is 63.1 Å². The summed E-state index contributed by atoms with van der Waals surface area (Å²) >= 11 is 0. The fourth-order valence-electron chi connectivity index (χ4n) is 5.09. The van der Waals surface area contributed by atoms with Crippen molar-refractivity contribution in [1.82, 2.24) is 4.90 Å². The van der Waals surface area contributed by atoms with E-state index < -0.39 is 5.54 Å². The lowest BCUT2D eigenvalue weighted by Gasteiger charge is -2.25. The number of benzene rings is 2. The minimum Gasteiger partial charge on any atom is -0.405 e. The summed E-state index contributed by atoms with van der Waals surface area (Å²) in [5.41, 5.74) is 3.72. The van der Waals surface area contributed by atoms with E-state index in [-0.39, 0.29) is 5.97 Å². The molecule has 5 nitrogen and oxygen atoms in total. The molecule has 2 atom stereocenters. The van der Waals surface area contributed by atoms with Crippen LogP contribution in [0.15, 0.2) is 53.5 Å². The molecule has 2 aromatic carbocycles. The van der Waals surface area contributed by atoms with Gasteiger partial charge in [-0.05, 0) is 68.6 Å². The average Bonchev–Trinajstić information content (AvgIpc) is 3.28. The van der Waals surface area contributed by atoms with E-state index >= 15 is 0 Å². The Morgan fingerprint density at radius 1 is 0.968 bits per heavy atom. The Morgan fingerprint density at radius 3 is 2.19 bits per heavy atom. The Balaban J connectivity index is 1.28. The van der Waals surface area contributed by atoms with Gasteiger partial charge in [0, 0.05) is 29.9 Å². The van der Waals surface area contributed by atoms with Crippen LogP contribution in [0.4, 0.5) is 5.69 Å². The van der Waals surface area contributed by atoms with Crippen LogP contribution in [0.2, 0.25) is 0 Å². The highest BCUT2D eigenvalue weighted by Gasteiger charge is 2.46. The summed E-state index contributed by atoms with van der Waals surface area (Å²) in [7, 11) is 2.19. The molecule has 5 rings (SSSR count). The van der Waals surface area contributed by atoms with Gasteiger partial charge < -0.3 is 15.0 Å². The molecule has 2 aromatic rings. The second-order valence-corrected chi connectivity index (χ2v) is 9.31. The third-order valence-electron chi connectivity index (χ3n) is 7.34. The van der Waals surface area contributed by atoms with Crippen molar-refractivity contribution in [1.29, 1.82) is 0 Å². The predicted octanol–water partition coefficient (Wildman–Crippen LogP) is 4.86. The van der Waals surface area contributed by atoms with E-state index in [1.54, 1.807) is 0 Å². The van der Waals surface area contributed by atoms with Gasteiger partial charge in [0.15, 0.2) is 5.54 Å². The number of cyclic esters (lactones) is 1. The SMILES string of the molecule is CC1C(Nc2ccc(-c3ccc(C4=NC5(CCCCC5)C(=O)O4)cc3)cc2)CCN1C. The Labute approximate surface area is 184 Å². The molecule has 3 aliphatic rings. The van der Waals surface area contributed by atoms with Crippen molar-refractivity contribution in [2.75, 3.05) is 18.9 Å². The smallest absolute Gasteiger partial charge is 0.340 e. The second kappa shape index (κ2) is 8.12. The number of rotatable bonds is 4. The van der Waals surface area contributed by atoms with E-state index in [1.807, 2.05) is 12.1 Å². The van der Waals surface area contributed by atoms with Gasteiger partial charge >= 0.3 is 5.97 Å². The van der Waals surface area contributed by atoms with Crippen LogP contribution in [-0.4, -0.2) is 48.0 Å². The molecule has 2 fully saturated rings. The topological polar surface area (TPSA) is 53.9 Å². The normalized spacial score (nSPS) is 25.5. The fraction of sp³-hybridized carbons (Fsp3) is 0.462. The second-order valence-electron chi connectivity index (χ2n) is 9.31. The number of carbonyl (C=O) groups is 1. The van der Waals surface area contributed by atoms with Crippen LogP contribution >= 0.6 is 0 Å². The number of hydrogen-bond acceptors (Lipinski definition) is 5. The highest BCUT2D eigenvalue weighted by molar-refractivity contribution is 6.08. The van der Waals surface area contributed by atoms with Gasteiger partial charge in [-0.2, -0.15) is 0 Å². The molecule has 1 saturated heterocycles. The molecular weight excluding hydrogens is 386 g/mol. The van der Waals surface area contributed by atoms with Gasteiger partial charge in [-0.1, -0.05) is 43.5 Å². The zero-order valence-corrected chi connectivity index (χ0v) is 18.4. The van der Waals surface area contributed by atoms with Crippen LogP contribution in [0.3, 0.4) is 0 Å².